The van der Waals surface area contributed by atoms with Crippen molar-refractivity contribution in [3.05, 3.63) is 33.9 Å². The second kappa shape index (κ2) is 7.82. The van der Waals surface area contributed by atoms with E-state index in [1.54, 1.807) is 11.8 Å². The monoisotopic (exact) mass is 348 g/mol. The second-order valence-corrected chi connectivity index (χ2v) is 6.81. The Labute approximate surface area is 146 Å². The molecule has 7 heteroatoms. The van der Waals surface area contributed by atoms with Crippen molar-refractivity contribution >= 4 is 11.8 Å². The van der Waals surface area contributed by atoms with E-state index in [0.717, 1.165) is 19.3 Å². The maximum atomic E-state index is 12.5. The summed E-state index contributed by atoms with van der Waals surface area (Å²) in [5.41, 5.74) is -0.222. The molecule has 7 nitrogen and oxygen atoms in total. The zero-order chi connectivity index (χ0) is 17.8. The van der Waals surface area contributed by atoms with Gasteiger partial charge in [-0.25, -0.2) is 0 Å². The minimum atomic E-state index is -0.244. The number of carbonyl (C=O) groups is 2. The molecular formula is C18H24N2O5. The molecule has 3 rings (SSSR count). The lowest BCUT2D eigenvalue weighted by Crippen LogP contribution is -2.42. The summed E-state index contributed by atoms with van der Waals surface area (Å²) < 4.78 is 10.6. The Morgan fingerprint density at radius 1 is 1.24 bits per heavy atom. The minimum Gasteiger partial charge on any atom is -0.456 e. The standard InChI is InChI=1S/C18H24N2O5/c1-12-8-15(21)9-16(25-12)18(23)20-5-2-13(3-6-20)10-19-17(22)14-4-7-24-11-14/h8-9,13-14H,2-7,10-11H2,1H3,(H,19,22). The smallest absolute Gasteiger partial charge is 0.289 e. The van der Waals surface area contributed by atoms with E-state index in [1.807, 2.05) is 0 Å². The molecule has 2 aliphatic rings. The summed E-state index contributed by atoms with van der Waals surface area (Å²) in [6.07, 6.45) is 2.44. The number of piperidine rings is 1. The summed E-state index contributed by atoms with van der Waals surface area (Å²) in [4.78, 5) is 37.7. The molecule has 0 spiro atoms. The van der Waals surface area contributed by atoms with Crippen LogP contribution < -0.4 is 10.7 Å². The minimum absolute atomic E-state index is 0.0223. The van der Waals surface area contributed by atoms with Gasteiger partial charge < -0.3 is 19.4 Å². The highest BCUT2D eigenvalue weighted by molar-refractivity contribution is 5.91. The third-order valence-electron chi connectivity index (χ3n) is 4.87. The number of nitrogens with zero attached hydrogens (tertiary/aromatic N) is 1. The summed E-state index contributed by atoms with van der Waals surface area (Å²) >= 11 is 0. The summed E-state index contributed by atoms with van der Waals surface area (Å²) in [6.45, 7) is 4.67. The molecule has 1 aromatic heterocycles. The Morgan fingerprint density at radius 2 is 2.00 bits per heavy atom. The highest BCUT2D eigenvalue weighted by atomic mass is 16.5. The zero-order valence-electron chi connectivity index (χ0n) is 14.5. The van der Waals surface area contributed by atoms with Gasteiger partial charge in [0.15, 0.2) is 11.2 Å². The van der Waals surface area contributed by atoms with E-state index in [-0.39, 0.29) is 28.9 Å². The molecule has 1 unspecified atom stereocenters. The fraction of sp³-hybridized carbons (Fsp3) is 0.611. The van der Waals surface area contributed by atoms with Crippen LogP contribution in [0.25, 0.3) is 0 Å². The lowest BCUT2D eigenvalue weighted by molar-refractivity contribution is -0.125. The van der Waals surface area contributed by atoms with Crippen molar-refractivity contribution in [1.29, 1.82) is 0 Å². The molecule has 0 aromatic carbocycles. The van der Waals surface area contributed by atoms with Gasteiger partial charge in [0, 0.05) is 38.4 Å². The van der Waals surface area contributed by atoms with Crippen LogP contribution in [-0.4, -0.2) is 49.6 Å². The molecular weight excluding hydrogens is 324 g/mol. The molecule has 1 N–H and O–H groups in total. The maximum absolute atomic E-state index is 12.5. The molecule has 1 atom stereocenters. The van der Waals surface area contributed by atoms with Gasteiger partial charge in [-0.1, -0.05) is 0 Å². The average Bonchev–Trinajstić information content (AvgIpc) is 3.13. The third kappa shape index (κ3) is 4.48. The van der Waals surface area contributed by atoms with Crippen molar-refractivity contribution < 1.29 is 18.7 Å². The van der Waals surface area contributed by atoms with E-state index in [0.29, 0.717) is 44.5 Å². The molecule has 2 fully saturated rings. The first kappa shape index (κ1) is 17.7. The normalized spacial score (nSPS) is 21.3. The third-order valence-corrected chi connectivity index (χ3v) is 4.87. The predicted octanol–water partition coefficient (Wildman–Crippen LogP) is 0.953. The van der Waals surface area contributed by atoms with Crippen molar-refractivity contribution in [2.75, 3.05) is 32.8 Å². The molecule has 0 aliphatic carbocycles. The topological polar surface area (TPSA) is 88.9 Å². The Kier molecular flexibility index (Phi) is 5.53. The van der Waals surface area contributed by atoms with Gasteiger partial charge in [-0.15, -0.1) is 0 Å². The van der Waals surface area contributed by atoms with E-state index >= 15 is 0 Å². The van der Waals surface area contributed by atoms with Crippen LogP contribution in [0.1, 0.15) is 35.6 Å². The Morgan fingerprint density at radius 3 is 2.64 bits per heavy atom. The fourth-order valence-electron chi connectivity index (χ4n) is 3.34. The quantitative estimate of drug-likeness (QED) is 0.875. The number of hydrogen-bond acceptors (Lipinski definition) is 5. The van der Waals surface area contributed by atoms with Gasteiger partial charge in [-0.3, -0.25) is 14.4 Å². The largest absolute Gasteiger partial charge is 0.456 e. The second-order valence-electron chi connectivity index (χ2n) is 6.81. The lowest BCUT2D eigenvalue weighted by Gasteiger charge is -2.31. The van der Waals surface area contributed by atoms with Gasteiger partial charge in [0.25, 0.3) is 5.91 Å². The Balaban J connectivity index is 1.47. The zero-order valence-corrected chi connectivity index (χ0v) is 14.5. The van der Waals surface area contributed by atoms with Gasteiger partial charge in [0.05, 0.1) is 12.5 Å². The Bertz CT molecular complexity index is 685. The van der Waals surface area contributed by atoms with Gasteiger partial charge in [-0.2, -0.15) is 0 Å². The van der Waals surface area contributed by atoms with Crippen LogP contribution in [-0.2, 0) is 9.53 Å². The first-order valence-corrected chi connectivity index (χ1v) is 8.79. The highest BCUT2D eigenvalue weighted by Crippen LogP contribution is 2.19. The van der Waals surface area contributed by atoms with E-state index < -0.39 is 0 Å². The fourth-order valence-corrected chi connectivity index (χ4v) is 3.34. The molecule has 2 saturated heterocycles. The summed E-state index contributed by atoms with van der Waals surface area (Å²) in [7, 11) is 0. The average molecular weight is 348 g/mol. The number of hydrogen-bond donors (Lipinski definition) is 1. The van der Waals surface area contributed by atoms with Crippen molar-refractivity contribution in [2.24, 2.45) is 11.8 Å². The van der Waals surface area contributed by atoms with Crippen LogP contribution in [0.2, 0.25) is 0 Å². The van der Waals surface area contributed by atoms with Crippen LogP contribution in [0.3, 0.4) is 0 Å². The van der Waals surface area contributed by atoms with Crippen LogP contribution >= 0.6 is 0 Å². The summed E-state index contributed by atoms with van der Waals surface area (Å²) in [6, 6.07) is 2.60. The highest BCUT2D eigenvalue weighted by Gasteiger charge is 2.27. The molecule has 2 aliphatic heterocycles. The van der Waals surface area contributed by atoms with Gasteiger partial charge in [0.1, 0.15) is 5.76 Å². The molecule has 0 bridgehead atoms. The molecule has 0 saturated carbocycles. The number of amides is 2. The number of aryl methyl sites for hydroxylation is 1. The van der Waals surface area contributed by atoms with Crippen molar-refractivity contribution in [3.63, 3.8) is 0 Å². The molecule has 2 amide bonds. The number of rotatable bonds is 4. The molecule has 3 heterocycles. The van der Waals surface area contributed by atoms with Crippen LogP contribution in [0, 0.1) is 18.8 Å². The first-order valence-electron chi connectivity index (χ1n) is 8.79. The maximum Gasteiger partial charge on any atom is 0.289 e. The van der Waals surface area contributed by atoms with Crippen molar-refractivity contribution in [1.82, 2.24) is 10.2 Å². The van der Waals surface area contributed by atoms with E-state index in [4.69, 9.17) is 9.15 Å². The van der Waals surface area contributed by atoms with E-state index in [1.165, 1.54) is 12.1 Å². The van der Waals surface area contributed by atoms with Gasteiger partial charge in [-0.05, 0) is 32.1 Å². The van der Waals surface area contributed by atoms with Crippen molar-refractivity contribution in [2.45, 2.75) is 26.2 Å². The predicted molar refractivity (Wildman–Crippen MR) is 90.3 cm³/mol. The van der Waals surface area contributed by atoms with E-state index in [2.05, 4.69) is 5.32 Å². The molecule has 1 aromatic rings. The number of carbonyl (C=O) groups excluding carboxylic acids is 2. The van der Waals surface area contributed by atoms with Crippen LogP contribution in [0.4, 0.5) is 0 Å². The summed E-state index contributed by atoms with van der Waals surface area (Å²) in [5, 5.41) is 3.00. The number of nitrogens with one attached hydrogen (secondary N) is 1. The summed E-state index contributed by atoms with van der Waals surface area (Å²) in [5.74, 6) is 0.692. The van der Waals surface area contributed by atoms with Crippen LogP contribution in [0.5, 0.6) is 0 Å². The van der Waals surface area contributed by atoms with Gasteiger partial charge >= 0.3 is 0 Å². The first-order chi connectivity index (χ1) is 12.0. The number of ether oxygens (including phenoxy) is 1. The van der Waals surface area contributed by atoms with E-state index in [9.17, 15) is 14.4 Å². The molecule has 136 valence electrons. The Hall–Kier alpha value is -2.15. The van der Waals surface area contributed by atoms with Crippen LogP contribution in [0.15, 0.2) is 21.3 Å². The van der Waals surface area contributed by atoms with Gasteiger partial charge in [0.2, 0.25) is 5.91 Å². The SMILES string of the molecule is Cc1cc(=O)cc(C(=O)N2CCC(CNC(=O)C3CCOC3)CC2)o1. The number of likely N-dealkylation sites (tertiary alicyclic amines) is 1. The lowest BCUT2D eigenvalue weighted by atomic mass is 9.96. The molecule has 25 heavy (non-hydrogen) atoms. The molecule has 0 radical (unpaired) electrons. The van der Waals surface area contributed by atoms with Crippen molar-refractivity contribution in [3.8, 4) is 0 Å².